The molecular formula is C24H26N4O2. The predicted octanol–water partition coefficient (Wildman–Crippen LogP) is 4.92. The molecule has 0 saturated heterocycles. The molecule has 1 unspecified atom stereocenters. The Bertz CT molecular complexity index is 1230. The summed E-state index contributed by atoms with van der Waals surface area (Å²) in [4.78, 5) is 22.5. The van der Waals surface area contributed by atoms with Crippen molar-refractivity contribution in [3.63, 3.8) is 0 Å². The number of nitrogen functional groups attached to an aromatic ring is 1. The molecule has 0 radical (unpaired) electrons. The molecule has 6 nitrogen and oxygen atoms in total. The first-order chi connectivity index (χ1) is 14.5. The van der Waals surface area contributed by atoms with E-state index in [9.17, 15) is 4.79 Å². The minimum atomic E-state index is -0.465. The van der Waals surface area contributed by atoms with Gasteiger partial charge in [0.2, 0.25) is 0 Å². The number of esters is 1. The smallest absolute Gasteiger partial charge is 0.344 e. The van der Waals surface area contributed by atoms with E-state index in [4.69, 9.17) is 20.4 Å². The summed E-state index contributed by atoms with van der Waals surface area (Å²) in [5.74, 6) is 0.104. The summed E-state index contributed by atoms with van der Waals surface area (Å²) in [5.41, 5.74) is 11.3. The normalized spacial score (nSPS) is 12.4. The van der Waals surface area contributed by atoms with Gasteiger partial charge in [-0.2, -0.15) is 0 Å². The molecule has 4 rings (SSSR count). The van der Waals surface area contributed by atoms with Crippen molar-refractivity contribution in [3.05, 3.63) is 59.7 Å². The van der Waals surface area contributed by atoms with Crippen LogP contribution in [-0.2, 0) is 11.2 Å². The maximum atomic E-state index is 13.0. The van der Waals surface area contributed by atoms with Crippen molar-refractivity contribution in [1.29, 1.82) is 0 Å². The van der Waals surface area contributed by atoms with Crippen LogP contribution in [0.25, 0.3) is 27.9 Å². The molecule has 0 amide bonds. The summed E-state index contributed by atoms with van der Waals surface area (Å²) < 4.78 is 7.38. The van der Waals surface area contributed by atoms with Crippen molar-refractivity contribution < 1.29 is 9.53 Å². The van der Waals surface area contributed by atoms with Gasteiger partial charge in [0, 0.05) is 5.69 Å². The maximum absolute atomic E-state index is 13.0. The lowest BCUT2D eigenvalue weighted by Crippen LogP contribution is -2.13. The number of nitrogens with zero attached hydrogens (tertiary/aromatic N) is 3. The topological polar surface area (TPSA) is 83.0 Å². The molecular weight excluding hydrogens is 376 g/mol. The van der Waals surface area contributed by atoms with Crippen LogP contribution in [0.3, 0.4) is 0 Å². The molecule has 2 heterocycles. The van der Waals surface area contributed by atoms with Gasteiger partial charge in [0.15, 0.2) is 5.65 Å². The Balaban J connectivity index is 1.95. The first-order valence-electron chi connectivity index (χ1n) is 10.4. The fraction of sp³-hybridized carbons (Fsp3) is 0.292. The Hall–Kier alpha value is -3.41. The Labute approximate surface area is 175 Å². The van der Waals surface area contributed by atoms with Crippen molar-refractivity contribution in [2.24, 2.45) is 5.92 Å². The lowest BCUT2D eigenvalue weighted by Gasteiger charge is -2.10. The standard InChI is InChI=1S/C24H26N4O2/c1-4-15(3)14-30-24(29)20-21-23(27-19-12-7-6-11-18(19)26-21)28(22(20)25)17-10-8-9-16(5-2)13-17/h6-13,15H,4-5,14,25H2,1-3H3. The summed E-state index contributed by atoms with van der Waals surface area (Å²) >= 11 is 0. The summed E-state index contributed by atoms with van der Waals surface area (Å²) in [7, 11) is 0. The van der Waals surface area contributed by atoms with Crippen LogP contribution in [-0.4, -0.2) is 27.1 Å². The fourth-order valence-electron chi connectivity index (χ4n) is 3.45. The van der Waals surface area contributed by atoms with E-state index >= 15 is 0 Å². The lowest BCUT2D eigenvalue weighted by atomic mass is 10.1. The SMILES string of the molecule is CCc1cccc(-n2c(N)c(C(=O)OCC(C)CC)c3nc4ccccc4nc32)c1. The Morgan fingerprint density at radius 3 is 2.53 bits per heavy atom. The number of hydrogen-bond donors (Lipinski definition) is 1. The lowest BCUT2D eigenvalue weighted by molar-refractivity contribution is 0.0450. The van der Waals surface area contributed by atoms with E-state index < -0.39 is 5.97 Å². The van der Waals surface area contributed by atoms with Gasteiger partial charge in [-0.05, 0) is 42.2 Å². The van der Waals surface area contributed by atoms with Crippen molar-refractivity contribution in [1.82, 2.24) is 14.5 Å². The van der Waals surface area contributed by atoms with E-state index in [0.717, 1.165) is 24.0 Å². The highest BCUT2D eigenvalue weighted by molar-refractivity contribution is 6.09. The van der Waals surface area contributed by atoms with Gasteiger partial charge >= 0.3 is 5.97 Å². The number of aryl methyl sites for hydroxylation is 1. The number of carbonyl (C=O) groups is 1. The molecule has 0 aliphatic heterocycles. The molecule has 2 aromatic heterocycles. The number of para-hydroxylation sites is 2. The van der Waals surface area contributed by atoms with Crippen molar-refractivity contribution in [2.45, 2.75) is 33.6 Å². The van der Waals surface area contributed by atoms with Gasteiger partial charge in [-0.1, -0.05) is 51.5 Å². The molecule has 0 bridgehead atoms. The van der Waals surface area contributed by atoms with Gasteiger partial charge < -0.3 is 10.5 Å². The summed E-state index contributed by atoms with van der Waals surface area (Å²) in [6, 6.07) is 15.6. The van der Waals surface area contributed by atoms with Crippen LogP contribution in [0, 0.1) is 5.92 Å². The minimum Gasteiger partial charge on any atom is -0.462 e. The summed E-state index contributed by atoms with van der Waals surface area (Å²) in [6.07, 6.45) is 1.82. The predicted molar refractivity (Wildman–Crippen MR) is 120 cm³/mol. The number of benzene rings is 2. The average molecular weight is 402 g/mol. The third-order valence-corrected chi connectivity index (χ3v) is 5.47. The average Bonchev–Trinajstić information content (AvgIpc) is 3.06. The van der Waals surface area contributed by atoms with Crippen molar-refractivity contribution in [3.8, 4) is 5.69 Å². The number of carbonyl (C=O) groups excluding carboxylic acids is 1. The fourth-order valence-corrected chi connectivity index (χ4v) is 3.45. The van der Waals surface area contributed by atoms with Crippen LogP contribution >= 0.6 is 0 Å². The molecule has 0 aliphatic carbocycles. The maximum Gasteiger partial charge on any atom is 0.344 e. The van der Waals surface area contributed by atoms with Gasteiger partial charge in [-0.3, -0.25) is 4.57 Å². The number of anilines is 1. The molecule has 30 heavy (non-hydrogen) atoms. The largest absolute Gasteiger partial charge is 0.462 e. The van der Waals surface area contributed by atoms with Crippen molar-refractivity contribution >= 4 is 34.0 Å². The monoisotopic (exact) mass is 402 g/mol. The molecule has 0 saturated carbocycles. The summed E-state index contributed by atoms with van der Waals surface area (Å²) in [5, 5.41) is 0. The number of aromatic nitrogens is 3. The number of fused-ring (bicyclic) bond motifs is 2. The van der Waals surface area contributed by atoms with E-state index in [2.05, 4.69) is 26.0 Å². The minimum absolute atomic E-state index is 0.272. The third-order valence-electron chi connectivity index (χ3n) is 5.47. The molecule has 4 aromatic rings. The molecule has 154 valence electrons. The van der Waals surface area contributed by atoms with Crippen LogP contribution in [0.2, 0.25) is 0 Å². The van der Waals surface area contributed by atoms with Crippen molar-refractivity contribution in [2.75, 3.05) is 12.3 Å². The molecule has 6 heteroatoms. The Morgan fingerprint density at radius 2 is 1.83 bits per heavy atom. The van der Waals surface area contributed by atoms with Gasteiger partial charge in [-0.15, -0.1) is 0 Å². The number of nitrogens with two attached hydrogens (primary N) is 1. The van der Waals surface area contributed by atoms with E-state index in [1.54, 1.807) is 4.57 Å². The van der Waals surface area contributed by atoms with E-state index in [1.807, 2.05) is 43.3 Å². The zero-order valence-corrected chi connectivity index (χ0v) is 17.6. The summed E-state index contributed by atoms with van der Waals surface area (Å²) in [6.45, 7) is 6.55. The quantitative estimate of drug-likeness (QED) is 0.463. The van der Waals surface area contributed by atoms with Gasteiger partial charge in [0.1, 0.15) is 16.9 Å². The molecule has 2 N–H and O–H groups in total. The Morgan fingerprint density at radius 1 is 1.10 bits per heavy atom. The van der Waals surface area contributed by atoms with Crippen LogP contribution in [0.5, 0.6) is 0 Å². The second kappa shape index (κ2) is 8.14. The highest BCUT2D eigenvalue weighted by atomic mass is 16.5. The zero-order valence-electron chi connectivity index (χ0n) is 17.6. The van der Waals surface area contributed by atoms with Crippen LogP contribution in [0.4, 0.5) is 5.82 Å². The molecule has 0 aliphatic rings. The van der Waals surface area contributed by atoms with E-state index in [-0.39, 0.29) is 11.5 Å². The number of hydrogen-bond acceptors (Lipinski definition) is 5. The Kier molecular flexibility index (Phi) is 5.40. The van der Waals surface area contributed by atoms with E-state index in [0.29, 0.717) is 29.1 Å². The van der Waals surface area contributed by atoms with Gasteiger partial charge in [0.25, 0.3) is 0 Å². The van der Waals surface area contributed by atoms with Gasteiger partial charge in [0.05, 0.1) is 17.6 Å². The molecule has 0 fully saturated rings. The first kappa shape index (κ1) is 19.9. The highest BCUT2D eigenvalue weighted by Crippen LogP contribution is 2.32. The number of rotatable bonds is 6. The molecule has 2 aromatic carbocycles. The van der Waals surface area contributed by atoms with Crippen LogP contribution in [0.15, 0.2) is 48.5 Å². The molecule has 1 atom stereocenters. The number of ether oxygens (including phenoxy) is 1. The van der Waals surface area contributed by atoms with Crippen LogP contribution in [0.1, 0.15) is 43.1 Å². The first-order valence-corrected chi connectivity index (χ1v) is 10.4. The van der Waals surface area contributed by atoms with Gasteiger partial charge in [-0.25, -0.2) is 14.8 Å². The van der Waals surface area contributed by atoms with E-state index in [1.165, 1.54) is 5.56 Å². The molecule has 0 spiro atoms. The second-order valence-electron chi connectivity index (χ2n) is 7.62. The zero-order chi connectivity index (χ0) is 21.3. The third kappa shape index (κ3) is 3.49. The second-order valence-corrected chi connectivity index (χ2v) is 7.62. The van der Waals surface area contributed by atoms with Crippen LogP contribution < -0.4 is 5.73 Å². The highest BCUT2D eigenvalue weighted by Gasteiger charge is 2.26.